The number of rotatable bonds is 8. The molecular weight excluding hydrogens is 679 g/mol. The number of fused-ring (bicyclic) bond motifs is 3. The standard InChI is InChI=1S/C54H37NO/c1-3-11-38(12-4-1)40-21-23-41(24-22-40)42-25-30-48(31-26-42)55(49-32-27-43(28-33-49)45-16-9-15-44(35-45)39-13-5-2-6-14-39)50-18-10-17-46(36-50)47-29-34-54-52(37-47)51-19-7-8-20-53(51)56-54/h1-37H. The summed E-state index contributed by atoms with van der Waals surface area (Å²) in [4.78, 5) is 2.35. The van der Waals surface area contributed by atoms with Crippen LogP contribution in [-0.4, -0.2) is 0 Å². The first-order valence-electron chi connectivity index (χ1n) is 19.1. The molecule has 264 valence electrons. The summed E-state index contributed by atoms with van der Waals surface area (Å²) >= 11 is 0. The SMILES string of the molecule is c1ccc(-c2ccc(-c3ccc(N(c4ccc(-c5cccc(-c6ccccc6)c5)cc4)c4cccc(-c5ccc6oc7ccccc7c6c5)c4)cc3)cc2)cc1. The smallest absolute Gasteiger partial charge is 0.135 e. The van der Waals surface area contributed by atoms with E-state index in [1.807, 2.05) is 12.1 Å². The molecule has 0 saturated carbocycles. The van der Waals surface area contributed by atoms with E-state index >= 15 is 0 Å². The van der Waals surface area contributed by atoms with Crippen LogP contribution < -0.4 is 4.90 Å². The fraction of sp³-hybridized carbons (Fsp3) is 0. The zero-order valence-electron chi connectivity index (χ0n) is 30.7. The van der Waals surface area contributed by atoms with Gasteiger partial charge in [-0.05, 0) is 116 Å². The molecule has 0 amide bonds. The zero-order chi connectivity index (χ0) is 37.3. The summed E-state index contributed by atoms with van der Waals surface area (Å²) < 4.78 is 6.15. The highest BCUT2D eigenvalue weighted by molar-refractivity contribution is 6.06. The summed E-state index contributed by atoms with van der Waals surface area (Å²) in [7, 11) is 0. The Morgan fingerprint density at radius 2 is 0.625 bits per heavy atom. The van der Waals surface area contributed by atoms with E-state index in [4.69, 9.17) is 4.42 Å². The number of anilines is 3. The molecule has 0 N–H and O–H groups in total. The van der Waals surface area contributed by atoms with Crippen LogP contribution in [0.15, 0.2) is 229 Å². The van der Waals surface area contributed by atoms with Crippen LogP contribution in [0.2, 0.25) is 0 Å². The first-order valence-corrected chi connectivity index (χ1v) is 19.1. The fourth-order valence-corrected chi connectivity index (χ4v) is 7.78. The second kappa shape index (κ2) is 14.4. The van der Waals surface area contributed by atoms with E-state index in [1.165, 1.54) is 44.5 Å². The summed E-state index contributed by atoms with van der Waals surface area (Å²) in [6, 6.07) is 80.1. The minimum absolute atomic E-state index is 0.900. The lowest BCUT2D eigenvalue weighted by Crippen LogP contribution is -2.10. The second-order valence-electron chi connectivity index (χ2n) is 14.2. The third-order valence-corrected chi connectivity index (χ3v) is 10.7. The molecule has 0 aliphatic carbocycles. The molecule has 0 aliphatic rings. The molecular formula is C54H37NO. The van der Waals surface area contributed by atoms with Crippen LogP contribution in [0.5, 0.6) is 0 Å². The summed E-state index contributed by atoms with van der Waals surface area (Å²) in [6.07, 6.45) is 0. The molecule has 2 nitrogen and oxygen atoms in total. The van der Waals surface area contributed by atoms with Gasteiger partial charge in [-0.15, -0.1) is 0 Å². The van der Waals surface area contributed by atoms with Crippen molar-refractivity contribution in [1.29, 1.82) is 0 Å². The van der Waals surface area contributed by atoms with Gasteiger partial charge >= 0.3 is 0 Å². The molecule has 0 radical (unpaired) electrons. The van der Waals surface area contributed by atoms with Crippen LogP contribution in [0, 0.1) is 0 Å². The third kappa shape index (κ3) is 6.44. The van der Waals surface area contributed by atoms with E-state index in [0.29, 0.717) is 0 Å². The number of hydrogen-bond acceptors (Lipinski definition) is 2. The Kier molecular flexibility index (Phi) is 8.55. The van der Waals surface area contributed by atoms with Crippen LogP contribution in [0.25, 0.3) is 77.6 Å². The van der Waals surface area contributed by atoms with Gasteiger partial charge in [-0.1, -0.05) is 164 Å². The van der Waals surface area contributed by atoms with Gasteiger partial charge < -0.3 is 9.32 Å². The molecule has 0 saturated heterocycles. The molecule has 9 aromatic carbocycles. The molecule has 2 heteroatoms. The van der Waals surface area contributed by atoms with E-state index in [9.17, 15) is 0 Å². The summed E-state index contributed by atoms with van der Waals surface area (Å²) in [6.45, 7) is 0. The van der Waals surface area contributed by atoms with Crippen molar-refractivity contribution < 1.29 is 4.42 Å². The van der Waals surface area contributed by atoms with Crippen LogP contribution >= 0.6 is 0 Å². The van der Waals surface area contributed by atoms with Crippen LogP contribution in [0.1, 0.15) is 0 Å². The summed E-state index contributed by atoms with van der Waals surface area (Å²) in [5, 5.41) is 2.26. The number of para-hydroxylation sites is 1. The fourth-order valence-electron chi connectivity index (χ4n) is 7.78. The first kappa shape index (κ1) is 33.2. The van der Waals surface area contributed by atoms with Gasteiger partial charge in [-0.2, -0.15) is 0 Å². The molecule has 1 aromatic heterocycles. The van der Waals surface area contributed by atoms with Crippen molar-refractivity contribution in [3.63, 3.8) is 0 Å². The van der Waals surface area contributed by atoms with Gasteiger partial charge in [-0.25, -0.2) is 0 Å². The topological polar surface area (TPSA) is 16.4 Å². The highest BCUT2D eigenvalue weighted by Gasteiger charge is 2.16. The number of hydrogen-bond donors (Lipinski definition) is 0. The van der Waals surface area contributed by atoms with Gasteiger partial charge in [-0.3, -0.25) is 0 Å². The van der Waals surface area contributed by atoms with Crippen molar-refractivity contribution in [2.45, 2.75) is 0 Å². The second-order valence-corrected chi connectivity index (χ2v) is 14.2. The van der Waals surface area contributed by atoms with Crippen molar-refractivity contribution in [3.8, 4) is 55.6 Å². The normalized spacial score (nSPS) is 11.2. The molecule has 56 heavy (non-hydrogen) atoms. The average Bonchev–Trinajstić information content (AvgIpc) is 3.66. The van der Waals surface area contributed by atoms with E-state index in [-0.39, 0.29) is 0 Å². The minimum atomic E-state index is 0.900. The van der Waals surface area contributed by atoms with Crippen molar-refractivity contribution in [1.82, 2.24) is 0 Å². The van der Waals surface area contributed by atoms with Crippen LogP contribution in [-0.2, 0) is 0 Å². The number of furan rings is 1. The Bertz CT molecular complexity index is 2930. The van der Waals surface area contributed by atoms with Gasteiger partial charge in [0.2, 0.25) is 0 Å². The maximum Gasteiger partial charge on any atom is 0.135 e. The molecule has 0 fully saturated rings. The van der Waals surface area contributed by atoms with Crippen molar-refractivity contribution in [3.05, 3.63) is 224 Å². The van der Waals surface area contributed by atoms with Crippen LogP contribution in [0.3, 0.4) is 0 Å². The lowest BCUT2D eigenvalue weighted by molar-refractivity contribution is 0.669. The third-order valence-electron chi connectivity index (χ3n) is 10.7. The predicted molar refractivity (Wildman–Crippen MR) is 236 cm³/mol. The van der Waals surface area contributed by atoms with Gasteiger partial charge in [0.05, 0.1) is 0 Å². The molecule has 0 aliphatic heterocycles. The summed E-state index contributed by atoms with van der Waals surface area (Å²) in [5.74, 6) is 0. The maximum atomic E-state index is 6.15. The largest absolute Gasteiger partial charge is 0.456 e. The van der Waals surface area contributed by atoms with Gasteiger partial charge in [0.15, 0.2) is 0 Å². The predicted octanol–water partition coefficient (Wildman–Crippen LogP) is 15.4. The highest BCUT2D eigenvalue weighted by Crippen LogP contribution is 2.40. The van der Waals surface area contributed by atoms with Gasteiger partial charge in [0.1, 0.15) is 11.2 Å². The Morgan fingerprint density at radius 3 is 1.23 bits per heavy atom. The Labute approximate surface area is 327 Å². The van der Waals surface area contributed by atoms with Crippen molar-refractivity contribution in [2.24, 2.45) is 0 Å². The quantitative estimate of drug-likeness (QED) is 0.156. The molecule has 10 rings (SSSR count). The van der Waals surface area contributed by atoms with Gasteiger partial charge in [0, 0.05) is 27.8 Å². The number of nitrogens with zero attached hydrogens (tertiary/aromatic N) is 1. The lowest BCUT2D eigenvalue weighted by atomic mass is 9.98. The van der Waals surface area contributed by atoms with Crippen LogP contribution in [0.4, 0.5) is 17.1 Å². The minimum Gasteiger partial charge on any atom is -0.456 e. The first-order chi connectivity index (χ1) is 27.7. The zero-order valence-corrected chi connectivity index (χ0v) is 30.7. The van der Waals surface area contributed by atoms with E-state index in [2.05, 4.69) is 217 Å². The average molecular weight is 716 g/mol. The molecule has 0 spiro atoms. The maximum absolute atomic E-state index is 6.15. The molecule has 10 aromatic rings. The van der Waals surface area contributed by atoms with E-state index in [0.717, 1.165) is 50.1 Å². The van der Waals surface area contributed by atoms with E-state index in [1.54, 1.807) is 0 Å². The molecule has 0 bridgehead atoms. The molecule has 0 unspecified atom stereocenters. The van der Waals surface area contributed by atoms with Gasteiger partial charge in [0.25, 0.3) is 0 Å². The Morgan fingerprint density at radius 1 is 0.232 bits per heavy atom. The summed E-state index contributed by atoms with van der Waals surface area (Å²) in [5.41, 5.74) is 16.9. The van der Waals surface area contributed by atoms with Crippen molar-refractivity contribution >= 4 is 39.0 Å². The Hall–Kier alpha value is -7.42. The van der Waals surface area contributed by atoms with E-state index < -0.39 is 0 Å². The molecule has 1 heterocycles. The Balaban J connectivity index is 1.02. The number of benzene rings is 9. The molecule has 0 atom stereocenters. The lowest BCUT2D eigenvalue weighted by Gasteiger charge is -2.26. The highest BCUT2D eigenvalue weighted by atomic mass is 16.3. The monoisotopic (exact) mass is 715 g/mol. The van der Waals surface area contributed by atoms with Crippen molar-refractivity contribution in [2.75, 3.05) is 4.90 Å².